The minimum Gasteiger partial charge on any atom is -0.260 e. The summed E-state index contributed by atoms with van der Waals surface area (Å²) in [6.07, 6.45) is 1.19. The molecule has 0 radical (unpaired) electrons. The molecule has 0 aliphatic carbocycles. The molecule has 18 heavy (non-hydrogen) atoms. The van der Waals surface area contributed by atoms with Crippen LogP contribution in [0.15, 0.2) is 23.4 Å². The Labute approximate surface area is 103 Å². The van der Waals surface area contributed by atoms with Crippen molar-refractivity contribution in [2.75, 3.05) is 6.54 Å². The fraction of sp³-hybridized carbons (Fsp3) is 0.333. The second-order valence-corrected chi connectivity index (χ2v) is 5.41. The second kappa shape index (κ2) is 4.95. The van der Waals surface area contributed by atoms with Gasteiger partial charge in [0.2, 0.25) is 10.0 Å². The van der Waals surface area contributed by atoms with Gasteiger partial charge in [-0.1, -0.05) is 0 Å². The van der Waals surface area contributed by atoms with Crippen molar-refractivity contribution in [3.63, 3.8) is 0 Å². The van der Waals surface area contributed by atoms with Crippen LogP contribution in [0.3, 0.4) is 0 Å². The molecule has 0 saturated carbocycles. The number of hydrazine groups is 1. The highest BCUT2D eigenvalue weighted by molar-refractivity contribution is 7.89. The van der Waals surface area contributed by atoms with Gasteiger partial charge in [-0.05, 0) is 6.07 Å². The lowest BCUT2D eigenvalue weighted by atomic mass is 10.1. The van der Waals surface area contributed by atoms with Crippen molar-refractivity contribution < 1.29 is 12.8 Å². The predicted molar refractivity (Wildman–Crippen MR) is 58.5 cm³/mol. The van der Waals surface area contributed by atoms with Crippen LogP contribution in [0.4, 0.5) is 4.39 Å². The number of nitriles is 1. The summed E-state index contributed by atoms with van der Waals surface area (Å²) in [5, 5.41) is 8.81. The van der Waals surface area contributed by atoms with Gasteiger partial charge < -0.3 is 0 Å². The number of sulfonamides is 1. The lowest BCUT2D eigenvalue weighted by molar-refractivity contribution is 0.477. The molecule has 1 aromatic heterocycles. The molecule has 0 amide bonds. The van der Waals surface area contributed by atoms with Crippen LogP contribution in [0.1, 0.15) is 0 Å². The molecule has 2 rings (SSSR count). The van der Waals surface area contributed by atoms with E-state index in [2.05, 4.69) is 20.6 Å². The molecule has 1 aliphatic rings. The van der Waals surface area contributed by atoms with E-state index in [1.165, 1.54) is 0 Å². The van der Waals surface area contributed by atoms with Crippen molar-refractivity contribution in [3.05, 3.63) is 24.3 Å². The maximum Gasteiger partial charge on any atom is 0.243 e. The average Bonchev–Trinajstić information content (AvgIpc) is 2.75. The van der Waals surface area contributed by atoms with Crippen LogP contribution in [0.5, 0.6) is 0 Å². The summed E-state index contributed by atoms with van der Waals surface area (Å²) in [7, 11) is -3.92. The summed E-state index contributed by atoms with van der Waals surface area (Å²) >= 11 is 0. The van der Waals surface area contributed by atoms with Crippen LogP contribution >= 0.6 is 0 Å². The fourth-order valence-corrected chi connectivity index (χ4v) is 2.66. The first-order valence-corrected chi connectivity index (χ1v) is 6.52. The zero-order valence-electron chi connectivity index (χ0n) is 9.09. The topological polar surface area (TPSA) is 107 Å². The van der Waals surface area contributed by atoms with E-state index in [1.807, 2.05) is 6.07 Å². The number of hydrogen-bond acceptors (Lipinski definition) is 6. The van der Waals surface area contributed by atoms with E-state index in [9.17, 15) is 12.8 Å². The summed E-state index contributed by atoms with van der Waals surface area (Å²) in [5.74, 6) is -1.28. The number of pyridine rings is 1. The number of nitrogens with zero attached hydrogens (tertiary/aromatic N) is 2. The molecule has 1 fully saturated rings. The molecule has 2 heterocycles. The van der Waals surface area contributed by atoms with Gasteiger partial charge >= 0.3 is 0 Å². The highest BCUT2D eigenvalue weighted by Gasteiger charge is 2.31. The molecule has 1 aromatic rings. The third-order valence-electron chi connectivity index (χ3n) is 2.42. The maximum atomic E-state index is 12.9. The molecule has 96 valence electrons. The third kappa shape index (κ3) is 2.62. The van der Waals surface area contributed by atoms with E-state index >= 15 is 0 Å². The first-order valence-electron chi connectivity index (χ1n) is 5.04. The molecule has 3 N–H and O–H groups in total. The lowest BCUT2D eigenvalue weighted by Crippen LogP contribution is -2.46. The maximum absolute atomic E-state index is 12.9. The van der Waals surface area contributed by atoms with Crippen molar-refractivity contribution in [2.45, 2.75) is 11.1 Å². The molecule has 1 saturated heterocycles. The lowest BCUT2D eigenvalue weighted by Gasteiger charge is -2.14. The number of hydrogen-bond donors (Lipinski definition) is 3. The number of rotatable bonds is 3. The molecule has 1 aliphatic heterocycles. The van der Waals surface area contributed by atoms with Crippen LogP contribution < -0.4 is 15.6 Å². The molecular formula is C9H10FN5O2S. The molecule has 7 nitrogen and oxygen atoms in total. The summed E-state index contributed by atoms with van der Waals surface area (Å²) in [5.41, 5.74) is 5.29. The average molecular weight is 271 g/mol. The van der Waals surface area contributed by atoms with Crippen LogP contribution in [0.2, 0.25) is 0 Å². The van der Waals surface area contributed by atoms with Gasteiger partial charge in [0.15, 0.2) is 0 Å². The number of nitrogens with one attached hydrogen (secondary N) is 3. The Kier molecular flexibility index (Phi) is 3.53. The van der Waals surface area contributed by atoms with Crippen molar-refractivity contribution in [3.8, 4) is 6.07 Å². The molecule has 0 aromatic carbocycles. The number of aromatic nitrogens is 1. The van der Waals surface area contributed by atoms with E-state index in [0.717, 1.165) is 18.5 Å². The Morgan fingerprint density at radius 2 is 2.33 bits per heavy atom. The van der Waals surface area contributed by atoms with E-state index < -0.39 is 27.9 Å². The van der Waals surface area contributed by atoms with E-state index in [-0.39, 0.29) is 4.90 Å². The predicted octanol–water partition coefficient (Wildman–Crippen LogP) is -0.927. The van der Waals surface area contributed by atoms with E-state index in [4.69, 9.17) is 5.26 Å². The third-order valence-corrected chi connectivity index (χ3v) is 3.83. The highest BCUT2D eigenvalue weighted by Crippen LogP contribution is 2.12. The Balaban J connectivity index is 2.20. The van der Waals surface area contributed by atoms with E-state index in [1.54, 1.807) is 0 Å². The van der Waals surface area contributed by atoms with E-state index in [0.29, 0.717) is 6.54 Å². The van der Waals surface area contributed by atoms with Gasteiger partial charge in [0.05, 0.1) is 18.2 Å². The summed E-state index contributed by atoms with van der Waals surface area (Å²) in [6.45, 7) is 0.324. The molecular weight excluding hydrogens is 261 g/mol. The first kappa shape index (κ1) is 12.8. The van der Waals surface area contributed by atoms with Gasteiger partial charge in [0.25, 0.3) is 0 Å². The normalized spacial score (nSPS) is 23.8. The summed E-state index contributed by atoms with van der Waals surface area (Å²) < 4.78 is 39.0. The van der Waals surface area contributed by atoms with Crippen molar-refractivity contribution in [2.24, 2.45) is 5.92 Å². The molecule has 0 bridgehead atoms. The Morgan fingerprint density at radius 3 is 3.00 bits per heavy atom. The summed E-state index contributed by atoms with van der Waals surface area (Å²) in [4.78, 5) is 3.18. The SMILES string of the molecule is N#CC1CNNC1NS(=O)(=O)c1cncc(F)c1. The van der Waals surface area contributed by atoms with Crippen LogP contribution in [-0.2, 0) is 10.0 Å². The molecule has 9 heteroatoms. The largest absolute Gasteiger partial charge is 0.260 e. The minimum absolute atomic E-state index is 0.284. The van der Waals surface area contributed by atoms with Gasteiger partial charge in [0, 0.05) is 12.7 Å². The van der Waals surface area contributed by atoms with Crippen LogP contribution in [0, 0.1) is 23.1 Å². The van der Waals surface area contributed by atoms with Crippen LogP contribution in [0.25, 0.3) is 0 Å². The monoisotopic (exact) mass is 271 g/mol. The Hall–Kier alpha value is -1.60. The molecule has 2 unspecified atom stereocenters. The van der Waals surface area contributed by atoms with Crippen molar-refractivity contribution >= 4 is 10.0 Å². The second-order valence-electron chi connectivity index (χ2n) is 3.70. The minimum atomic E-state index is -3.92. The zero-order valence-corrected chi connectivity index (χ0v) is 9.91. The summed E-state index contributed by atoms with van der Waals surface area (Å²) in [6, 6.07) is 2.82. The smallest absolute Gasteiger partial charge is 0.243 e. The van der Waals surface area contributed by atoms with Gasteiger partial charge in [-0.15, -0.1) is 0 Å². The zero-order chi connectivity index (χ0) is 13.2. The Bertz CT molecular complexity index is 585. The highest BCUT2D eigenvalue weighted by atomic mass is 32.2. The quantitative estimate of drug-likeness (QED) is 0.656. The molecule has 2 atom stereocenters. The van der Waals surface area contributed by atoms with Gasteiger partial charge in [-0.2, -0.15) is 9.98 Å². The first-order chi connectivity index (χ1) is 8.53. The standard InChI is InChI=1S/C9H10FN5O2S/c10-7-1-8(5-12-4-7)18(16,17)15-9-6(2-11)3-13-14-9/h1,4-6,9,13-15H,3H2. The van der Waals surface area contributed by atoms with Crippen molar-refractivity contribution in [1.82, 2.24) is 20.6 Å². The van der Waals surface area contributed by atoms with Crippen molar-refractivity contribution in [1.29, 1.82) is 5.26 Å². The Morgan fingerprint density at radius 1 is 1.56 bits per heavy atom. The number of halogens is 1. The van der Waals surface area contributed by atoms with Gasteiger partial charge in [0.1, 0.15) is 16.9 Å². The van der Waals surface area contributed by atoms with Gasteiger partial charge in [-0.25, -0.2) is 18.2 Å². The fourth-order valence-electron chi connectivity index (χ4n) is 1.50. The molecule has 0 spiro atoms. The van der Waals surface area contributed by atoms with Gasteiger partial charge in [-0.3, -0.25) is 10.4 Å². The van der Waals surface area contributed by atoms with Crippen LogP contribution in [-0.4, -0.2) is 26.1 Å².